The first-order valence-electron chi connectivity index (χ1n) is 11.1. The van der Waals surface area contributed by atoms with Gasteiger partial charge in [-0.25, -0.2) is 4.98 Å². The van der Waals surface area contributed by atoms with E-state index >= 15 is 0 Å². The van der Waals surface area contributed by atoms with E-state index in [-0.39, 0.29) is 11.8 Å². The highest BCUT2D eigenvalue weighted by atomic mass is 79.9. The van der Waals surface area contributed by atoms with E-state index in [9.17, 15) is 9.59 Å². The Balaban J connectivity index is 1.31. The number of nitrogens with one attached hydrogen (secondary N) is 3. The van der Waals surface area contributed by atoms with Gasteiger partial charge in [0.2, 0.25) is 5.91 Å². The minimum atomic E-state index is -0.149. The lowest BCUT2D eigenvalue weighted by molar-refractivity contribution is -0.114. The normalized spacial score (nSPS) is 10.8. The molecule has 0 spiro atoms. The summed E-state index contributed by atoms with van der Waals surface area (Å²) in [7, 11) is 0. The van der Waals surface area contributed by atoms with Crippen LogP contribution >= 0.6 is 27.5 Å². The van der Waals surface area contributed by atoms with Crippen molar-refractivity contribution >= 4 is 56.5 Å². The third-order valence-corrected chi connectivity index (χ3v) is 6.13. The zero-order chi connectivity index (χ0) is 24.8. The summed E-state index contributed by atoms with van der Waals surface area (Å²) < 4.78 is 2.54. The van der Waals surface area contributed by atoms with Crippen molar-refractivity contribution in [3.05, 3.63) is 75.9 Å². The van der Waals surface area contributed by atoms with Crippen molar-refractivity contribution in [2.45, 2.75) is 19.8 Å². The summed E-state index contributed by atoms with van der Waals surface area (Å²) in [4.78, 5) is 28.1. The third kappa shape index (κ3) is 6.17. The molecule has 2 heterocycles. The number of aromatic nitrogens is 3. The molecule has 0 unspecified atom stereocenters. The number of amides is 2. The predicted octanol–water partition coefficient (Wildman–Crippen LogP) is 5.39. The van der Waals surface area contributed by atoms with Crippen LogP contribution in [0.3, 0.4) is 0 Å². The van der Waals surface area contributed by atoms with Crippen LogP contribution in [0, 0.1) is 0 Å². The predicted molar refractivity (Wildman–Crippen MR) is 142 cm³/mol. The summed E-state index contributed by atoms with van der Waals surface area (Å²) in [6.07, 6.45) is 3.36. The Bertz CT molecular complexity index is 1360. The molecule has 0 saturated heterocycles. The Labute approximate surface area is 216 Å². The first-order chi connectivity index (χ1) is 16.9. The molecular weight excluding hydrogens is 532 g/mol. The Hall–Kier alpha value is -3.43. The zero-order valence-corrected chi connectivity index (χ0v) is 21.4. The van der Waals surface area contributed by atoms with Crippen LogP contribution in [0.5, 0.6) is 0 Å². The van der Waals surface area contributed by atoms with Gasteiger partial charge in [-0.2, -0.15) is 9.61 Å². The molecule has 0 aliphatic heterocycles. The summed E-state index contributed by atoms with van der Waals surface area (Å²) in [6.45, 7) is 2.69. The SMILES string of the molecule is CC(=O)Nc1ccc(C(=O)NCCCCNc2cc(-c3ccccc3Cl)nc3c(Br)cnn23)cc1. The van der Waals surface area contributed by atoms with Gasteiger partial charge >= 0.3 is 0 Å². The monoisotopic (exact) mass is 554 g/mol. The Kier molecular flexibility index (Phi) is 7.99. The second kappa shape index (κ2) is 11.3. The number of unbranched alkanes of at least 4 members (excludes halogenated alkanes) is 1. The van der Waals surface area contributed by atoms with E-state index < -0.39 is 0 Å². The number of fused-ring (bicyclic) bond motifs is 1. The van der Waals surface area contributed by atoms with E-state index in [0.29, 0.717) is 35.0 Å². The van der Waals surface area contributed by atoms with Gasteiger partial charge in [0.05, 0.1) is 16.4 Å². The van der Waals surface area contributed by atoms with Crippen molar-refractivity contribution in [3.63, 3.8) is 0 Å². The highest BCUT2D eigenvalue weighted by Crippen LogP contribution is 2.30. The molecule has 0 bridgehead atoms. The van der Waals surface area contributed by atoms with Gasteiger partial charge in [0.25, 0.3) is 5.91 Å². The standard InChI is InChI=1S/C25H24BrClN6O2/c1-16(34)31-18-10-8-17(9-11-18)25(35)29-13-5-4-12-28-23-14-22(19-6-2-3-7-21(19)27)32-24-20(26)15-30-33(23)24/h2-3,6-11,14-15,28H,4-5,12-13H2,1H3,(H,29,35)(H,31,34). The lowest BCUT2D eigenvalue weighted by atomic mass is 10.1. The molecule has 3 N–H and O–H groups in total. The van der Waals surface area contributed by atoms with Gasteiger partial charge in [0, 0.05) is 47.9 Å². The van der Waals surface area contributed by atoms with Crippen LogP contribution in [0.2, 0.25) is 5.02 Å². The van der Waals surface area contributed by atoms with Gasteiger partial charge in [-0.15, -0.1) is 0 Å². The minimum Gasteiger partial charge on any atom is -0.370 e. The van der Waals surface area contributed by atoms with Crippen LogP contribution in [0.4, 0.5) is 11.5 Å². The van der Waals surface area contributed by atoms with E-state index in [4.69, 9.17) is 16.6 Å². The molecule has 8 nitrogen and oxygen atoms in total. The van der Waals surface area contributed by atoms with E-state index in [2.05, 4.69) is 37.0 Å². The van der Waals surface area contributed by atoms with Gasteiger partial charge in [-0.05, 0) is 59.1 Å². The highest BCUT2D eigenvalue weighted by Gasteiger charge is 2.13. The molecule has 10 heteroatoms. The van der Waals surface area contributed by atoms with Crippen LogP contribution in [-0.2, 0) is 4.79 Å². The van der Waals surface area contributed by atoms with Gasteiger partial charge in [0.15, 0.2) is 5.65 Å². The molecule has 4 rings (SSSR count). The summed E-state index contributed by atoms with van der Waals surface area (Å²) in [5, 5.41) is 14.1. The third-order valence-electron chi connectivity index (χ3n) is 5.24. The maximum Gasteiger partial charge on any atom is 0.251 e. The molecule has 0 aliphatic carbocycles. The van der Waals surface area contributed by atoms with E-state index in [1.165, 1.54) is 6.92 Å². The summed E-state index contributed by atoms with van der Waals surface area (Å²) in [5.74, 6) is 0.511. The Morgan fingerprint density at radius 1 is 1.06 bits per heavy atom. The van der Waals surface area contributed by atoms with Crippen molar-refractivity contribution < 1.29 is 9.59 Å². The topological polar surface area (TPSA) is 100 Å². The molecule has 35 heavy (non-hydrogen) atoms. The molecule has 4 aromatic rings. The smallest absolute Gasteiger partial charge is 0.251 e. The van der Waals surface area contributed by atoms with Crippen molar-refractivity contribution in [3.8, 4) is 11.3 Å². The molecule has 180 valence electrons. The van der Waals surface area contributed by atoms with Crippen molar-refractivity contribution in [2.24, 2.45) is 0 Å². The molecular formula is C25H24BrClN6O2. The average Bonchev–Trinajstić information content (AvgIpc) is 3.22. The number of carbonyl (C=O) groups excluding carboxylic acids is 2. The molecule has 0 aliphatic rings. The van der Waals surface area contributed by atoms with Crippen LogP contribution in [0.25, 0.3) is 16.9 Å². The van der Waals surface area contributed by atoms with Gasteiger partial charge in [-0.3, -0.25) is 9.59 Å². The molecule has 0 radical (unpaired) electrons. The first-order valence-corrected chi connectivity index (χ1v) is 12.3. The van der Waals surface area contributed by atoms with Crippen LogP contribution in [0.15, 0.2) is 65.3 Å². The number of halogens is 2. The number of hydrogen-bond donors (Lipinski definition) is 3. The highest BCUT2D eigenvalue weighted by molar-refractivity contribution is 9.10. The number of carbonyl (C=O) groups is 2. The fourth-order valence-corrected chi connectivity index (χ4v) is 4.13. The quantitative estimate of drug-likeness (QED) is 0.240. The fourth-order valence-electron chi connectivity index (χ4n) is 3.55. The second-order valence-electron chi connectivity index (χ2n) is 7.88. The number of benzene rings is 2. The summed E-state index contributed by atoms with van der Waals surface area (Å²) in [5.41, 5.74) is 3.51. The van der Waals surface area contributed by atoms with Crippen LogP contribution < -0.4 is 16.0 Å². The number of anilines is 2. The molecule has 0 atom stereocenters. The molecule has 2 amide bonds. The molecule has 0 saturated carbocycles. The lowest BCUT2D eigenvalue weighted by Gasteiger charge is -2.12. The largest absolute Gasteiger partial charge is 0.370 e. The van der Waals surface area contributed by atoms with Crippen LogP contribution in [-0.4, -0.2) is 39.5 Å². The summed E-state index contributed by atoms with van der Waals surface area (Å²) >= 11 is 9.90. The maximum atomic E-state index is 12.3. The number of nitrogens with zero attached hydrogens (tertiary/aromatic N) is 3. The van der Waals surface area contributed by atoms with Crippen molar-refractivity contribution in [1.82, 2.24) is 19.9 Å². The van der Waals surface area contributed by atoms with Crippen molar-refractivity contribution in [2.75, 3.05) is 23.7 Å². The van der Waals surface area contributed by atoms with Gasteiger partial charge < -0.3 is 16.0 Å². The molecule has 2 aromatic carbocycles. The van der Waals surface area contributed by atoms with Gasteiger partial charge in [-0.1, -0.05) is 29.8 Å². The Morgan fingerprint density at radius 2 is 1.80 bits per heavy atom. The molecule has 0 fully saturated rings. The number of rotatable bonds is 9. The van der Waals surface area contributed by atoms with Gasteiger partial charge in [0.1, 0.15) is 5.82 Å². The lowest BCUT2D eigenvalue weighted by Crippen LogP contribution is -2.24. The number of hydrogen-bond acceptors (Lipinski definition) is 5. The Morgan fingerprint density at radius 3 is 2.54 bits per heavy atom. The fraction of sp³-hybridized carbons (Fsp3) is 0.200. The maximum absolute atomic E-state index is 12.3. The summed E-state index contributed by atoms with van der Waals surface area (Å²) in [6, 6.07) is 16.3. The van der Waals surface area contributed by atoms with E-state index in [1.807, 2.05) is 30.3 Å². The minimum absolute atomic E-state index is 0.144. The molecule has 2 aromatic heterocycles. The van der Waals surface area contributed by atoms with Crippen LogP contribution in [0.1, 0.15) is 30.1 Å². The zero-order valence-electron chi connectivity index (χ0n) is 19.0. The van der Waals surface area contributed by atoms with E-state index in [1.54, 1.807) is 35.0 Å². The second-order valence-corrected chi connectivity index (χ2v) is 9.14. The first kappa shape index (κ1) is 24.7. The average molecular weight is 556 g/mol. The van der Waals surface area contributed by atoms with Crippen molar-refractivity contribution in [1.29, 1.82) is 0 Å². The van der Waals surface area contributed by atoms with E-state index in [0.717, 1.165) is 34.4 Å².